The molecule has 1 atom stereocenters. The minimum absolute atomic E-state index is 0.270. The molecule has 1 saturated heterocycles. The van der Waals surface area contributed by atoms with Gasteiger partial charge in [-0.2, -0.15) is 0 Å². The van der Waals surface area contributed by atoms with Gasteiger partial charge in [0.25, 0.3) is 0 Å². The van der Waals surface area contributed by atoms with Crippen molar-refractivity contribution in [3.8, 4) is 0 Å². The SMILES string of the molecule is C=Cc1ccccc1C(=C)C(=O)OCCC1CO1. The van der Waals surface area contributed by atoms with Crippen molar-refractivity contribution in [2.45, 2.75) is 12.5 Å². The van der Waals surface area contributed by atoms with E-state index in [1.165, 1.54) is 0 Å². The Hall–Kier alpha value is -1.87. The molecule has 18 heavy (non-hydrogen) atoms. The average Bonchev–Trinajstić information content (AvgIpc) is 3.21. The standard InChI is InChI=1S/C15H16O3/c1-3-12-6-4-5-7-14(12)11(2)15(16)17-9-8-13-10-18-13/h3-7,13H,1-2,8-10H2. The van der Waals surface area contributed by atoms with Crippen LogP contribution in [0.1, 0.15) is 17.5 Å². The Morgan fingerprint density at radius 1 is 1.50 bits per heavy atom. The fraction of sp³-hybridized carbons (Fsp3) is 0.267. The van der Waals surface area contributed by atoms with Crippen molar-refractivity contribution in [1.82, 2.24) is 0 Å². The summed E-state index contributed by atoms with van der Waals surface area (Å²) in [7, 11) is 0. The number of rotatable bonds is 6. The van der Waals surface area contributed by atoms with Crippen LogP contribution in [0.5, 0.6) is 0 Å². The van der Waals surface area contributed by atoms with Crippen LogP contribution < -0.4 is 0 Å². The van der Waals surface area contributed by atoms with Gasteiger partial charge < -0.3 is 9.47 Å². The van der Waals surface area contributed by atoms with Gasteiger partial charge in [-0.1, -0.05) is 43.5 Å². The Morgan fingerprint density at radius 3 is 2.89 bits per heavy atom. The molecule has 1 unspecified atom stereocenters. The molecule has 1 aromatic carbocycles. The molecule has 1 aliphatic heterocycles. The lowest BCUT2D eigenvalue weighted by atomic mass is 10.0. The predicted octanol–water partition coefficient (Wildman–Crippen LogP) is 2.67. The summed E-state index contributed by atoms with van der Waals surface area (Å²) in [5, 5.41) is 0. The topological polar surface area (TPSA) is 38.8 Å². The zero-order valence-corrected chi connectivity index (χ0v) is 10.2. The van der Waals surface area contributed by atoms with Crippen LogP contribution in [-0.2, 0) is 14.3 Å². The molecule has 0 aromatic heterocycles. The zero-order chi connectivity index (χ0) is 13.0. The van der Waals surface area contributed by atoms with Crippen LogP contribution in [-0.4, -0.2) is 25.3 Å². The summed E-state index contributed by atoms with van der Waals surface area (Å²) in [6.45, 7) is 8.66. The third-order valence-corrected chi connectivity index (χ3v) is 2.83. The maximum Gasteiger partial charge on any atom is 0.338 e. The van der Waals surface area contributed by atoms with E-state index in [4.69, 9.17) is 9.47 Å². The number of carbonyl (C=O) groups is 1. The first-order valence-corrected chi connectivity index (χ1v) is 5.92. The van der Waals surface area contributed by atoms with E-state index in [0.717, 1.165) is 24.2 Å². The molecule has 3 nitrogen and oxygen atoms in total. The Balaban J connectivity index is 1.95. The van der Waals surface area contributed by atoms with Crippen molar-refractivity contribution in [2.24, 2.45) is 0 Å². The van der Waals surface area contributed by atoms with Crippen LogP contribution in [0, 0.1) is 0 Å². The lowest BCUT2D eigenvalue weighted by Crippen LogP contribution is -2.09. The Morgan fingerprint density at radius 2 is 2.22 bits per heavy atom. The van der Waals surface area contributed by atoms with E-state index in [1.54, 1.807) is 6.08 Å². The molecule has 0 N–H and O–H groups in total. The minimum atomic E-state index is -0.384. The summed E-state index contributed by atoms with van der Waals surface area (Å²) in [5.41, 5.74) is 2.01. The number of hydrogen-bond donors (Lipinski definition) is 0. The first-order valence-electron chi connectivity index (χ1n) is 5.92. The van der Waals surface area contributed by atoms with Gasteiger partial charge in [0.05, 0.1) is 24.9 Å². The molecule has 0 amide bonds. The highest BCUT2D eigenvalue weighted by Gasteiger charge is 2.22. The van der Waals surface area contributed by atoms with Gasteiger partial charge in [0.2, 0.25) is 0 Å². The van der Waals surface area contributed by atoms with Crippen LogP contribution >= 0.6 is 0 Å². The molecule has 1 fully saturated rings. The maximum absolute atomic E-state index is 11.8. The van der Waals surface area contributed by atoms with E-state index in [-0.39, 0.29) is 12.1 Å². The van der Waals surface area contributed by atoms with Crippen molar-refractivity contribution in [3.63, 3.8) is 0 Å². The lowest BCUT2D eigenvalue weighted by molar-refractivity contribution is -0.136. The van der Waals surface area contributed by atoms with Gasteiger partial charge >= 0.3 is 5.97 Å². The molecule has 1 heterocycles. The highest BCUT2D eigenvalue weighted by atomic mass is 16.6. The summed E-state index contributed by atoms with van der Waals surface area (Å²) in [4.78, 5) is 11.8. The highest BCUT2D eigenvalue weighted by Crippen LogP contribution is 2.20. The summed E-state index contributed by atoms with van der Waals surface area (Å²) < 4.78 is 10.2. The number of epoxide rings is 1. The van der Waals surface area contributed by atoms with E-state index >= 15 is 0 Å². The second-order valence-corrected chi connectivity index (χ2v) is 4.15. The molecule has 1 aliphatic rings. The Labute approximate surface area is 107 Å². The number of hydrogen-bond acceptors (Lipinski definition) is 3. The van der Waals surface area contributed by atoms with E-state index in [1.807, 2.05) is 24.3 Å². The normalized spacial score (nSPS) is 17.0. The Bertz CT molecular complexity index is 472. The minimum Gasteiger partial charge on any atom is -0.462 e. The van der Waals surface area contributed by atoms with E-state index in [2.05, 4.69) is 13.2 Å². The molecule has 1 aromatic rings. The molecule has 3 heteroatoms. The van der Waals surface area contributed by atoms with Crippen molar-refractivity contribution < 1.29 is 14.3 Å². The van der Waals surface area contributed by atoms with Gasteiger partial charge in [-0.15, -0.1) is 0 Å². The van der Waals surface area contributed by atoms with Gasteiger partial charge in [0.15, 0.2) is 0 Å². The van der Waals surface area contributed by atoms with E-state index in [0.29, 0.717) is 12.2 Å². The summed E-state index contributed by atoms with van der Waals surface area (Å²) >= 11 is 0. The van der Waals surface area contributed by atoms with Gasteiger partial charge in [-0.3, -0.25) is 0 Å². The molecular weight excluding hydrogens is 228 g/mol. The summed E-state index contributed by atoms with van der Waals surface area (Å²) in [6, 6.07) is 7.48. The van der Waals surface area contributed by atoms with Crippen LogP contribution in [0.25, 0.3) is 11.6 Å². The second-order valence-electron chi connectivity index (χ2n) is 4.15. The molecule has 0 bridgehead atoms. The Kier molecular flexibility index (Phi) is 3.95. The molecule has 0 radical (unpaired) electrons. The number of carbonyl (C=O) groups excluding carboxylic acids is 1. The van der Waals surface area contributed by atoms with Crippen LogP contribution in [0.4, 0.5) is 0 Å². The zero-order valence-electron chi connectivity index (χ0n) is 10.2. The first kappa shape index (κ1) is 12.6. The average molecular weight is 244 g/mol. The maximum atomic E-state index is 11.8. The second kappa shape index (κ2) is 5.65. The molecule has 0 spiro atoms. The largest absolute Gasteiger partial charge is 0.462 e. The van der Waals surface area contributed by atoms with E-state index in [9.17, 15) is 4.79 Å². The monoisotopic (exact) mass is 244 g/mol. The van der Waals surface area contributed by atoms with Crippen molar-refractivity contribution >= 4 is 17.6 Å². The van der Waals surface area contributed by atoms with Gasteiger partial charge in [-0.05, 0) is 11.1 Å². The van der Waals surface area contributed by atoms with Crippen molar-refractivity contribution in [1.29, 1.82) is 0 Å². The molecular formula is C15H16O3. The fourth-order valence-electron chi connectivity index (χ4n) is 1.66. The number of benzene rings is 1. The quantitative estimate of drug-likeness (QED) is 0.438. The first-order chi connectivity index (χ1) is 8.72. The van der Waals surface area contributed by atoms with Crippen LogP contribution in [0.3, 0.4) is 0 Å². The van der Waals surface area contributed by atoms with Crippen molar-refractivity contribution in [3.05, 3.63) is 48.6 Å². The van der Waals surface area contributed by atoms with Gasteiger partial charge in [-0.25, -0.2) is 4.79 Å². The smallest absolute Gasteiger partial charge is 0.338 e. The van der Waals surface area contributed by atoms with Gasteiger partial charge in [0.1, 0.15) is 0 Å². The van der Waals surface area contributed by atoms with E-state index < -0.39 is 0 Å². The molecule has 94 valence electrons. The van der Waals surface area contributed by atoms with Gasteiger partial charge in [0, 0.05) is 6.42 Å². The summed E-state index contributed by atoms with van der Waals surface area (Å²) in [6.07, 6.45) is 2.72. The van der Waals surface area contributed by atoms with Crippen LogP contribution in [0.2, 0.25) is 0 Å². The lowest BCUT2D eigenvalue weighted by Gasteiger charge is -2.09. The summed E-state index contributed by atoms with van der Waals surface area (Å²) in [5.74, 6) is -0.384. The van der Waals surface area contributed by atoms with Crippen LogP contribution in [0.15, 0.2) is 37.4 Å². The molecule has 0 aliphatic carbocycles. The predicted molar refractivity (Wildman–Crippen MR) is 70.9 cm³/mol. The molecule has 0 saturated carbocycles. The molecule has 2 rings (SSSR count). The highest BCUT2D eigenvalue weighted by molar-refractivity contribution is 6.16. The van der Waals surface area contributed by atoms with Crippen molar-refractivity contribution in [2.75, 3.05) is 13.2 Å². The third-order valence-electron chi connectivity index (χ3n) is 2.83. The number of esters is 1. The number of ether oxygens (including phenoxy) is 2. The fourth-order valence-corrected chi connectivity index (χ4v) is 1.66. The third kappa shape index (κ3) is 3.08.